The summed E-state index contributed by atoms with van der Waals surface area (Å²) < 4.78 is 16.2. The van der Waals surface area contributed by atoms with Crippen molar-refractivity contribution in [2.45, 2.75) is 18.2 Å². The van der Waals surface area contributed by atoms with Crippen LogP contribution < -0.4 is 5.32 Å². The molecule has 5 rings (SSSR count). The Kier molecular flexibility index (Phi) is 5.47. The van der Waals surface area contributed by atoms with Crippen molar-refractivity contribution >= 4 is 39.3 Å². The summed E-state index contributed by atoms with van der Waals surface area (Å²) in [6, 6.07) is 16.8. The van der Waals surface area contributed by atoms with E-state index in [0.717, 1.165) is 21.5 Å². The zero-order valence-electron chi connectivity index (χ0n) is 18.2. The number of carbonyl (C=O) groups excluding carboxylic acids is 3. The van der Waals surface area contributed by atoms with E-state index in [1.165, 1.54) is 12.0 Å². The van der Waals surface area contributed by atoms with Crippen LogP contribution >= 0.6 is 0 Å². The van der Waals surface area contributed by atoms with Crippen LogP contribution in [0.25, 0.3) is 21.5 Å². The lowest BCUT2D eigenvalue weighted by Crippen LogP contribution is -2.46. The summed E-state index contributed by atoms with van der Waals surface area (Å²) in [5.41, 5.74) is 0.454. The van der Waals surface area contributed by atoms with Gasteiger partial charge in [0.25, 0.3) is 5.91 Å². The largest absolute Gasteiger partial charge is 0.467 e. The van der Waals surface area contributed by atoms with E-state index in [4.69, 9.17) is 14.2 Å². The predicted octanol–water partition coefficient (Wildman–Crippen LogP) is 2.24. The molecular weight excluding hydrogens is 424 g/mol. The molecule has 0 aromatic heterocycles. The second-order valence-corrected chi connectivity index (χ2v) is 8.32. The molecule has 2 amide bonds. The lowest BCUT2D eigenvalue weighted by atomic mass is 10.0. The lowest BCUT2D eigenvalue weighted by molar-refractivity contribution is -0.152. The molecule has 0 bridgehead atoms. The fourth-order valence-electron chi connectivity index (χ4n) is 4.59. The summed E-state index contributed by atoms with van der Waals surface area (Å²) in [6.45, 7) is 0.677. The highest BCUT2D eigenvalue weighted by Gasteiger charge is 2.52. The number of carbonyl (C=O) groups is 3. The van der Waals surface area contributed by atoms with E-state index < -0.39 is 23.7 Å². The Labute approximate surface area is 190 Å². The molecule has 0 aliphatic carbocycles. The van der Waals surface area contributed by atoms with Gasteiger partial charge in [0.05, 0.1) is 33.4 Å². The Bertz CT molecular complexity index is 1250. The first-order valence-electron chi connectivity index (χ1n) is 10.8. The number of rotatable bonds is 4. The Morgan fingerprint density at radius 3 is 2.36 bits per heavy atom. The van der Waals surface area contributed by atoms with Gasteiger partial charge in [0.2, 0.25) is 5.91 Å². The Morgan fingerprint density at radius 1 is 1.00 bits per heavy atom. The van der Waals surface area contributed by atoms with Gasteiger partial charge >= 0.3 is 5.97 Å². The number of ether oxygens (including phenoxy) is 3. The summed E-state index contributed by atoms with van der Waals surface area (Å²) >= 11 is 0. The second-order valence-electron chi connectivity index (χ2n) is 8.32. The quantitative estimate of drug-likeness (QED) is 0.486. The van der Waals surface area contributed by atoms with Gasteiger partial charge in [-0.2, -0.15) is 0 Å². The molecule has 2 heterocycles. The van der Waals surface area contributed by atoms with Crippen LogP contribution in [0, 0.1) is 0 Å². The highest BCUT2D eigenvalue weighted by Crippen LogP contribution is 2.35. The standard InChI is InChI=1S/C25H24N2O6/c1-31-24(30)21-13-25(32-8-9-33-25)15-27(21)22(28)14-26-23(29)19-7-6-18-10-16-4-2-3-5-17(16)11-20(18)12-19/h2-7,10-12,21H,8-9,13-15H2,1H3,(H,26,29)/t21-/m0/s1. The summed E-state index contributed by atoms with van der Waals surface area (Å²) in [5, 5.41) is 6.86. The summed E-state index contributed by atoms with van der Waals surface area (Å²) in [5.74, 6) is -2.29. The van der Waals surface area contributed by atoms with Crippen molar-refractivity contribution in [3.63, 3.8) is 0 Å². The topological polar surface area (TPSA) is 94.2 Å². The molecule has 1 atom stereocenters. The number of methoxy groups -OCH3 is 1. The number of fused-ring (bicyclic) bond motifs is 2. The van der Waals surface area contributed by atoms with Gasteiger partial charge in [0, 0.05) is 12.0 Å². The van der Waals surface area contributed by atoms with Gasteiger partial charge in [0.15, 0.2) is 5.79 Å². The van der Waals surface area contributed by atoms with Gasteiger partial charge in [-0.15, -0.1) is 0 Å². The van der Waals surface area contributed by atoms with Crippen LogP contribution in [0.15, 0.2) is 54.6 Å². The predicted molar refractivity (Wildman–Crippen MR) is 121 cm³/mol. The Balaban J connectivity index is 1.29. The maximum atomic E-state index is 12.9. The Hall–Kier alpha value is -3.49. The minimum atomic E-state index is -0.986. The van der Waals surface area contributed by atoms with Gasteiger partial charge in [0.1, 0.15) is 6.04 Å². The third kappa shape index (κ3) is 4.03. The first kappa shape index (κ1) is 21.4. The van der Waals surface area contributed by atoms with E-state index >= 15 is 0 Å². The molecule has 2 aliphatic rings. The third-order valence-electron chi connectivity index (χ3n) is 6.27. The smallest absolute Gasteiger partial charge is 0.328 e. The lowest BCUT2D eigenvalue weighted by Gasteiger charge is -2.23. The number of nitrogens with zero attached hydrogens (tertiary/aromatic N) is 1. The van der Waals surface area contributed by atoms with Gasteiger partial charge in [-0.3, -0.25) is 9.59 Å². The number of amides is 2. The number of benzene rings is 3. The SMILES string of the molecule is COC(=O)[C@@H]1CC2(CN1C(=O)CNC(=O)c1ccc3cc4ccccc4cc3c1)OCCO2. The zero-order chi connectivity index (χ0) is 23.0. The summed E-state index contributed by atoms with van der Waals surface area (Å²) in [4.78, 5) is 39.3. The van der Waals surface area contributed by atoms with Crippen LogP contribution in [0.5, 0.6) is 0 Å². The third-order valence-corrected chi connectivity index (χ3v) is 6.27. The second kappa shape index (κ2) is 8.46. The van der Waals surface area contributed by atoms with Gasteiger partial charge in [-0.05, 0) is 45.8 Å². The van der Waals surface area contributed by atoms with Gasteiger partial charge in [-0.1, -0.05) is 30.3 Å². The highest BCUT2D eigenvalue weighted by molar-refractivity contribution is 6.03. The molecular formula is C25H24N2O6. The van der Waals surface area contributed by atoms with Crippen molar-refractivity contribution in [1.82, 2.24) is 10.2 Å². The van der Waals surface area contributed by atoms with Crippen molar-refractivity contribution < 1.29 is 28.6 Å². The number of esters is 1. The van der Waals surface area contributed by atoms with E-state index in [1.807, 2.05) is 42.5 Å². The molecule has 2 aliphatic heterocycles. The first-order valence-corrected chi connectivity index (χ1v) is 10.8. The van der Waals surface area contributed by atoms with E-state index in [2.05, 4.69) is 11.4 Å². The molecule has 0 radical (unpaired) electrons. The molecule has 1 spiro atoms. The average molecular weight is 448 g/mol. The number of hydrogen-bond acceptors (Lipinski definition) is 6. The van der Waals surface area contributed by atoms with Gasteiger partial charge in [-0.25, -0.2) is 4.79 Å². The van der Waals surface area contributed by atoms with E-state index in [0.29, 0.717) is 18.8 Å². The monoisotopic (exact) mass is 448 g/mol. The van der Waals surface area contributed by atoms with E-state index in [9.17, 15) is 14.4 Å². The van der Waals surface area contributed by atoms with Crippen LogP contribution in [-0.2, 0) is 23.8 Å². The molecule has 3 aromatic carbocycles. The van der Waals surface area contributed by atoms with Crippen molar-refractivity contribution in [1.29, 1.82) is 0 Å². The minimum Gasteiger partial charge on any atom is -0.467 e. The molecule has 2 saturated heterocycles. The van der Waals surface area contributed by atoms with Crippen LogP contribution in [0.1, 0.15) is 16.8 Å². The average Bonchev–Trinajstić information content (AvgIpc) is 3.47. The van der Waals surface area contributed by atoms with Gasteiger partial charge < -0.3 is 24.4 Å². The Morgan fingerprint density at radius 2 is 1.67 bits per heavy atom. The maximum absolute atomic E-state index is 12.9. The molecule has 8 nitrogen and oxygen atoms in total. The molecule has 1 N–H and O–H groups in total. The fraction of sp³-hybridized carbons (Fsp3) is 0.320. The number of likely N-dealkylation sites (tertiary alicyclic amines) is 1. The van der Waals surface area contributed by atoms with Crippen LogP contribution in [-0.4, -0.2) is 67.9 Å². The van der Waals surface area contributed by atoms with Crippen molar-refractivity contribution in [2.24, 2.45) is 0 Å². The van der Waals surface area contributed by atoms with Crippen molar-refractivity contribution in [3.8, 4) is 0 Å². The van der Waals surface area contributed by atoms with Crippen molar-refractivity contribution in [2.75, 3.05) is 33.4 Å². The van der Waals surface area contributed by atoms with Crippen LogP contribution in [0.3, 0.4) is 0 Å². The van der Waals surface area contributed by atoms with Crippen molar-refractivity contribution in [3.05, 3.63) is 60.2 Å². The molecule has 0 saturated carbocycles. The first-order chi connectivity index (χ1) is 16.0. The number of hydrogen-bond donors (Lipinski definition) is 1. The molecule has 0 unspecified atom stereocenters. The summed E-state index contributed by atoms with van der Waals surface area (Å²) in [6.07, 6.45) is 0.206. The van der Waals surface area contributed by atoms with E-state index in [1.54, 1.807) is 6.07 Å². The van der Waals surface area contributed by atoms with Crippen LogP contribution in [0.4, 0.5) is 0 Å². The summed E-state index contributed by atoms with van der Waals surface area (Å²) in [7, 11) is 1.27. The molecule has 170 valence electrons. The zero-order valence-corrected chi connectivity index (χ0v) is 18.2. The van der Waals surface area contributed by atoms with Crippen LogP contribution in [0.2, 0.25) is 0 Å². The maximum Gasteiger partial charge on any atom is 0.328 e. The molecule has 2 fully saturated rings. The van der Waals surface area contributed by atoms with E-state index in [-0.39, 0.29) is 25.4 Å². The molecule has 33 heavy (non-hydrogen) atoms. The minimum absolute atomic E-state index is 0.116. The fourth-order valence-corrected chi connectivity index (χ4v) is 4.59. The number of nitrogens with one attached hydrogen (secondary N) is 1. The highest BCUT2D eigenvalue weighted by atomic mass is 16.7. The normalized spacial score (nSPS) is 19.3. The molecule has 8 heteroatoms. The molecule has 3 aromatic rings.